The standard InChI is InChI=1S/C21H19N3O2/c1-4-21(2,3)18-14(13-8-5-6-9-15(13)22-18)12-16-20(26)24-11-7-10-17(24)19(25)23-16/h4-12,22H,1H2,2-3H3,(H,23,25)/b16-12-. The lowest BCUT2D eigenvalue weighted by atomic mass is 9.86. The Morgan fingerprint density at radius 2 is 1.85 bits per heavy atom. The number of rotatable bonds is 3. The molecule has 4 rings (SSSR count). The van der Waals surface area contributed by atoms with Crippen molar-refractivity contribution in [1.29, 1.82) is 0 Å². The van der Waals surface area contributed by atoms with Crippen LogP contribution in [-0.2, 0) is 5.41 Å². The molecular formula is C21H19N3O2. The van der Waals surface area contributed by atoms with Gasteiger partial charge in [-0.3, -0.25) is 14.0 Å². The summed E-state index contributed by atoms with van der Waals surface area (Å²) in [7, 11) is 0. The summed E-state index contributed by atoms with van der Waals surface area (Å²) in [6.45, 7) is 8.04. The molecular weight excluding hydrogens is 326 g/mol. The molecule has 1 aromatic carbocycles. The molecule has 0 atom stereocenters. The van der Waals surface area contributed by atoms with Crippen LogP contribution in [0.2, 0.25) is 0 Å². The highest BCUT2D eigenvalue weighted by atomic mass is 16.1. The zero-order chi connectivity index (χ0) is 18.5. The third-order valence-electron chi connectivity index (χ3n) is 4.87. The van der Waals surface area contributed by atoms with Crippen molar-refractivity contribution in [2.45, 2.75) is 19.3 Å². The van der Waals surface area contributed by atoms with E-state index in [9.17, 15) is 9.59 Å². The predicted molar refractivity (Wildman–Crippen MR) is 105 cm³/mol. The molecule has 0 aliphatic carbocycles. The number of H-pyrrole nitrogens is 2. The summed E-state index contributed by atoms with van der Waals surface area (Å²) >= 11 is 0. The molecule has 5 heteroatoms. The lowest BCUT2D eigenvalue weighted by Gasteiger charge is -2.19. The number of aromatic amines is 2. The molecule has 0 bridgehead atoms. The van der Waals surface area contributed by atoms with Crippen molar-refractivity contribution in [2.24, 2.45) is 0 Å². The Hall–Kier alpha value is -3.34. The minimum absolute atomic E-state index is 0.253. The summed E-state index contributed by atoms with van der Waals surface area (Å²) in [6, 6.07) is 11.2. The molecule has 0 saturated carbocycles. The lowest BCUT2D eigenvalue weighted by Crippen LogP contribution is -2.39. The molecule has 0 aliphatic heterocycles. The Bertz CT molecular complexity index is 1320. The Morgan fingerprint density at radius 3 is 2.62 bits per heavy atom. The number of benzene rings is 1. The van der Waals surface area contributed by atoms with Gasteiger partial charge in [-0.1, -0.05) is 38.1 Å². The van der Waals surface area contributed by atoms with E-state index in [1.807, 2.05) is 30.3 Å². The summed E-state index contributed by atoms with van der Waals surface area (Å²) in [4.78, 5) is 31.2. The van der Waals surface area contributed by atoms with Crippen LogP contribution in [0.25, 0.3) is 22.5 Å². The third-order valence-corrected chi connectivity index (χ3v) is 4.87. The van der Waals surface area contributed by atoms with Gasteiger partial charge in [0.05, 0.1) is 0 Å². The maximum Gasteiger partial charge on any atom is 0.279 e. The molecule has 0 unspecified atom stereocenters. The number of fused-ring (bicyclic) bond motifs is 2. The van der Waals surface area contributed by atoms with Crippen molar-refractivity contribution in [3.05, 3.63) is 92.6 Å². The van der Waals surface area contributed by atoms with Gasteiger partial charge >= 0.3 is 0 Å². The minimum Gasteiger partial charge on any atom is -0.357 e. The molecule has 4 aromatic rings. The molecule has 0 saturated heterocycles. The van der Waals surface area contributed by atoms with Crippen LogP contribution in [0, 0.1) is 0 Å². The molecule has 26 heavy (non-hydrogen) atoms. The summed E-state index contributed by atoms with van der Waals surface area (Å²) < 4.78 is 1.37. The van der Waals surface area contributed by atoms with E-state index in [2.05, 4.69) is 30.4 Å². The average Bonchev–Trinajstić information content (AvgIpc) is 3.25. The minimum atomic E-state index is -0.328. The zero-order valence-electron chi connectivity index (χ0n) is 14.7. The van der Waals surface area contributed by atoms with E-state index < -0.39 is 0 Å². The van der Waals surface area contributed by atoms with Gasteiger partial charge in [-0.2, -0.15) is 0 Å². The Balaban J connectivity index is 2.13. The van der Waals surface area contributed by atoms with E-state index in [0.717, 1.165) is 22.2 Å². The summed E-state index contributed by atoms with van der Waals surface area (Å²) in [5.41, 5.74) is 2.28. The molecule has 0 aliphatic rings. The molecule has 3 aromatic heterocycles. The first-order chi connectivity index (χ1) is 12.4. The number of nitrogens with zero attached hydrogens (tertiary/aromatic N) is 1. The van der Waals surface area contributed by atoms with Crippen molar-refractivity contribution in [1.82, 2.24) is 14.4 Å². The monoisotopic (exact) mass is 345 g/mol. The molecule has 0 amide bonds. The second-order valence-electron chi connectivity index (χ2n) is 6.97. The molecule has 2 N–H and O–H groups in total. The van der Waals surface area contributed by atoms with Gasteiger partial charge < -0.3 is 9.97 Å². The Kier molecular flexibility index (Phi) is 3.47. The molecule has 0 fully saturated rings. The first-order valence-corrected chi connectivity index (χ1v) is 8.42. The van der Waals surface area contributed by atoms with E-state index in [0.29, 0.717) is 5.52 Å². The van der Waals surface area contributed by atoms with Gasteiger partial charge in [-0.15, -0.1) is 6.58 Å². The van der Waals surface area contributed by atoms with Gasteiger partial charge in [-0.25, -0.2) is 0 Å². The first kappa shape index (κ1) is 16.1. The van der Waals surface area contributed by atoms with E-state index in [1.54, 1.807) is 24.4 Å². The zero-order valence-corrected chi connectivity index (χ0v) is 14.7. The van der Waals surface area contributed by atoms with Crippen molar-refractivity contribution in [3.63, 3.8) is 0 Å². The van der Waals surface area contributed by atoms with Gasteiger partial charge in [0.25, 0.3) is 11.1 Å². The maximum absolute atomic E-state index is 12.8. The third kappa shape index (κ3) is 2.32. The highest BCUT2D eigenvalue weighted by Crippen LogP contribution is 2.32. The molecule has 130 valence electrons. The lowest BCUT2D eigenvalue weighted by molar-refractivity contribution is 0.651. The van der Waals surface area contributed by atoms with Crippen molar-refractivity contribution in [2.75, 3.05) is 0 Å². The molecule has 3 heterocycles. The molecule has 0 spiro atoms. The summed E-state index contributed by atoms with van der Waals surface area (Å²) in [5, 5.41) is 1.25. The fourth-order valence-electron chi connectivity index (χ4n) is 3.28. The second-order valence-corrected chi connectivity index (χ2v) is 6.97. The van der Waals surface area contributed by atoms with Crippen LogP contribution in [-0.4, -0.2) is 14.4 Å². The van der Waals surface area contributed by atoms with E-state index in [-0.39, 0.29) is 21.9 Å². The predicted octanol–water partition coefficient (Wildman–Crippen LogP) is 2.48. The first-order valence-electron chi connectivity index (χ1n) is 8.42. The Morgan fingerprint density at radius 1 is 1.08 bits per heavy atom. The van der Waals surface area contributed by atoms with Crippen LogP contribution >= 0.6 is 0 Å². The highest BCUT2D eigenvalue weighted by Gasteiger charge is 2.23. The number of hydrogen-bond donors (Lipinski definition) is 2. The fraction of sp³-hybridized carbons (Fsp3) is 0.143. The van der Waals surface area contributed by atoms with Crippen LogP contribution in [0.1, 0.15) is 25.1 Å². The van der Waals surface area contributed by atoms with E-state index >= 15 is 0 Å². The van der Waals surface area contributed by atoms with Crippen molar-refractivity contribution < 1.29 is 0 Å². The summed E-state index contributed by atoms with van der Waals surface area (Å²) in [5.74, 6) is 0. The maximum atomic E-state index is 12.8. The van der Waals surface area contributed by atoms with Gasteiger partial charge in [-0.05, 0) is 24.3 Å². The van der Waals surface area contributed by atoms with Gasteiger partial charge in [0.1, 0.15) is 10.9 Å². The van der Waals surface area contributed by atoms with Crippen LogP contribution in [0.3, 0.4) is 0 Å². The van der Waals surface area contributed by atoms with Crippen molar-refractivity contribution in [3.8, 4) is 0 Å². The topological polar surface area (TPSA) is 70.1 Å². The number of aromatic nitrogens is 3. The van der Waals surface area contributed by atoms with Crippen LogP contribution in [0.15, 0.2) is 64.8 Å². The van der Waals surface area contributed by atoms with Crippen LogP contribution < -0.4 is 16.5 Å². The van der Waals surface area contributed by atoms with Crippen LogP contribution in [0.4, 0.5) is 0 Å². The number of nitrogens with one attached hydrogen (secondary N) is 2. The second kappa shape index (κ2) is 5.59. The number of para-hydroxylation sites is 1. The summed E-state index contributed by atoms with van der Waals surface area (Å²) in [6.07, 6.45) is 5.22. The molecule has 5 nitrogen and oxygen atoms in total. The number of allylic oxidation sites excluding steroid dienone is 1. The van der Waals surface area contributed by atoms with Gasteiger partial charge in [0, 0.05) is 33.8 Å². The van der Waals surface area contributed by atoms with Crippen molar-refractivity contribution >= 4 is 22.5 Å². The van der Waals surface area contributed by atoms with E-state index in [4.69, 9.17) is 0 Å². The smallest absolute Gasteiger partial charge is 0.279 e. The van der Waals surface area contributed by atoms with E-state index in [1.165, 1.54) is 4.40 Å². The normalized spacial score (nSPS) is 12.9. The van der Waals surface area contributed by atoms with Crippen LogP contribution in [0.5, 0.6) is 0 Å². The molecule has 0 radical (unpaired) electrons. The largest absolute Gasteiger partial charge is 0.357 e. The fourth-order valence-corrected chi connectivity index (χ4v) is 3.28. The highest BCUT2D eigenvalue weighted by molar-refractivity contribution is 5.91. The van der Waals surface area contributed by atoms with Gasteiger partial charge in [0.15, 0.2) is 0 Å². The number of hydrogen-bond acceptors (Lipinski definition) is 2. The quantitative estimate of drug-likeness (QED) is 0.560. The van der Waals surface area contributed by atoms with Gasteiger partial charge in [0.2, 0.25) is 0 Å². The SMILES string of the molecule is C=CC(C)(C)c1[nH]c2ccccc2c1/C=c1\[nH]c(=O)c2cccn2c1=O. The average molecular weight is 345 g/mol. The Labute approximate surface area is 149 Å².